The number of aromatic nitrogens is 4. The number of hydrogen-bond donors (Lipinski definition) is 0. The van der Waals surface area contributed by atoms with E-state index in [2.05, 4.69) is 34.2 Å². The quantitative estimate of drug-likeness (QED) is 0.257. The van der Waals surface area contributed by atoms with Gasteiger partial charge in [0.1, 0.15) is 21.5 Å². The van der Waals surface area contributed by atoms with Gasteiger partial charge in [0.25, 0.3) is 0 Å². The Morgan fingerprint density at radius 2 is 1.85 bits per heavy atom. The van der Waals surface area contributed by atoms with Gasteiger partial charge in [-0.25, -0.2) is 8.42 Å². The lowest BCUT2D eigenvalue weighted by molar-refractivity contribution is -0.128. The van der Waals surface area contributed by atoms with Gasteiger partial charge >= 0.3 is 0 Å². The summed E-state index contributed by atoms with van der Waals surface area (Å²) in [7, 11) is -3.11. The lowest BCUT2D eigenvalue weighted by atomic mass is 10.1. The highest BCUT2D eigenvalue weighted by Gasteiger charge is 2.30. The van der Waals surface area contributed by atoms with E-state index in [9.17, 15) is 13.2 Å². The fraction of sp³-hybridized carbons (Fsp3) is 0.414. The molecule has 0 bridgehead atoms. The molecule has 2 fully saturated rings. The van der Waals surface area contributed by atoms with Crippen LogP contribution in [0.15, 0.2) is 46.9 Å². The number of nitrogens with zero attached hydrogens (tertiary/aromatic N) is 5. The highest BCUT2D eigenvalue weighted by Crippen LogP contribution is 2.35. The van der Waals surface area contributed by atoms with E-state index >= 15 is 0 Å². The molecule has 2 saturated heterocycles. The Bertz CT molecular complexity index is 1660. The molecule has 2 aliphatic heterocycles. The molecule has 0 spiro atoms. The van der Waals surface area contributed by atoms with Crippen LogP contribution in [0.5, 0.6) is 11.5 Å². The van der Waals surface area contributed by atoms with E-state index in [1.165, 1.54) is 0 Å². The first-order valence-corrected chi connectivity index (χ1v) is 16.4. The minimum atomic E-state index is -3.11. The molecule has 2 aromatic carbocycles. The maximum atomic E-state index is 12.4. The first-order valence-electron chi connectivity index (χ1n) is 13.8. The van der Waals surface area contributed by atoms with E-state index < -0.39 is 9.84 Å². The highest BCUT2D eigenvalue weighted by molar-refractivity contribution is 7.91. The second-order valence-corrected chi connectivity index (χ2v) is 14.1. The number of carbonyl (C=O) groups excluding carboxylic acids is 1. The SMILES string of the molecule is CC(C)c1nnc(-c2ccc(Oc3cc(-c4nnc(C5CCCS(=O)(=O)C5)o4)ccc3CN3CCCC3=O)cc2)s1. The molecule has 1 atom stereocenters. The van der Waals surface area contributed by atoms with Gasteiger partial charge in [-0.15, -0.1) is 20.4 Å². The molecule has 0 aliphatic carbocycles. The summed E-state index contributed by atoms with van der Waals surface area (Å²) in [6, 6.07) is 13.3. The average molecular weight is 594 g/mol. The van der Waals surface area contributed by atoms with Gasteiger partial charge < -0.3 is 14.1 Å². The molecule has 2 aliphatic rings. The predicted octanol–water partition coefficient (Wildman–Crippen LogP) is 5.59. The zero-order valence-electron chi connectivity index (χ0n) is 22.9. The van der Waals surface area contributed by atoms with Crippen LogP contribution in [0.1, 0.15) is 67.8 Å². The Hall–Kier alpha value is -3.64. The number of sulfone groups is 1. The minimum Gasteiger partial charge on any atom is -0.457 e. The van der Waals surface area contributed by atoms with Crippen LogP contribution >= 0.6 is 11.3 Å². The molecular formula is C29H31N5O5S2. The molecule has 4 heterocycles. The molecule has 6 rings (SSSR count). The van der Waals surface area contributed by atoms with E-state index in [1.807, 2.05) is 47.4 Å². The minimum absolute atomic E-state index is 0.0254. The number of carbonyl (C=O) groups is 1. The molecule has 1 unspecified atom stereocenters. The summed E-state index contributed by atoms with van der Waals surface area (Å²) < 4.78 is 36.6. The van der Waals surface area contributed by atoms with Crippen molar-refractivity contribution in [2.45, 2.75) is 57.9 Å². The van der Waals surface area contributed by atoms with Gasteiger partial charge in [-0.1, -0.05) is 31.3 Å². The van der Waals surface area contributed by atoms with Crippen molar-refractivity contribution in [1.29, 1.82) is 0 Å². The Labute approximate surface area is 242 Å². The summed E-state index contributed by atoms with van der Waals surface area (Å²) in [6.45, 7) is 5.34. The summed E-state index contributed by atoms with van der Waals surface area (Å²) in [5, 5.41) is 18.8. The molecule has 0 N–H and O–H groups in total. The van der Waals surface area contributed by atoms with Crippen LogP contribution in [0.2, 0.25) is 0 Å². The third-order valence-corrected chi connectivity index (χ3v) is 10.5. The zero-order valence-corrected chi connectivity index (χ0v) is 24.6. The molecule has 4 aromatic rings. The van der Waals surface area contributed by atoms with Crippen molar-refractivity contribution in [3.63, 3.8) is 0 Å². The summed E-state index contributed by atoms with van der Waals surface area (Å²) in [6.07, 6.45) is 2.69. The van der Waals surface area contributed by atoms with Gasteiger partial charge in [0.05, 0.1) is 17.4 Å². The molecule has 10 nitrogen and oxygen atoms in total. The molecule has 0 radical (unpaired) electrons. The normalized spacial score (nSPS) is 18.8. The lowest BCUT2D eigenvalue weighted by Gasteiger charge is -2.19. The smallest absolute Gasteiger partial charge is 0.247 e. The second-order valence-electron chi connectivity index (χ2n) is 10.9. The van der Waals surface area contributed by atoms with E-state index in [0.717, 1.165) is 27.6 Å². The van der Waals surface area contributed by atoms with Gasteiger partial charge in [0.15, 0.2) is 9.84 Å². The van der Waals surface area contributed by atoms with Crippen molar-refractivity contribution >= 4 is 27.1 Å². The van der Waals surface area contributed by atoms with Gasteiger partial charge in [0, 0.05) is 42.1 Å². The van der Waals surface area contributed by atoms with Crippen LogP contribution < -0.4 is 4.74 Å². The maximum Gasteiger partial charge on any atom is 0.247 e. The van der Waals surface area contributed by atoms with Crippen molar-refractivity contribution in [2.24, 2.45) is 0 Å². The number of amides is 1. The summed E-state index contributed by atoms with van der Waals surface area (Å²) in [4.78, 5) is 14.2. The molecule has 41 heavy (non-hydrogen) atoms. The predicted molar refractivity (Wildman–Crippen MR) is 155 cm³/mol. The van der Waals surface area contributed by atoms with Gasteiger partial charge in [-0.3, -0.25) is 4.79 Å². The van der Waals surface area contributed by atoms with Crippen LogP contribution in [0.25, 0.3) is 22.0 Å². The summed E-state index contributed by atoms with van der Waals surface area (Å²) >= 11 is 1.58. The third kappa shape index (κ3) is 6.18. The Morgan fingerprint density at radius 1 is 1.05 bits per heavy atom. The largest absolute Gasteiger partial charge is 0.457 e. The highest BCUT2D eigenvalue weighted by atomic mass is 32.2. The molecule has 0 saturated carbocycles. The average Bonchev–Trinajstić information content (AvgIpc) is 3.71. The third-order valence-electron chi connectivity index (χ3n) is 7.36. The van der Waals surface area contributed by atoms with Crippen LogP contribution in [0.3, 0.4) is 0 Å². The number of likely N-dealkylation sites (tertiary alicyclic amines) is 1. The van der Waals surface area contributed by atoms with Crippen molar-refractivity contribution in [3.8, 4) is 33.5 Å². The number of ether oxygens (including phenoxy) is 1. The molecule has 214 valence electrons. The Kier molecular flexibility index (Phi) is 7.60. The topological polar surface area (TPSA) is 128 Å². The van der Waals surface area contributed by atoms with E-state index in [-0.39, 0.29) is 23.3 Å². The molecular weight excluding hydrogens is 562 g/mol. The Balaban J connectivity index is 1.27. The summed E-state index contributed by atoms with van der Waals surface area (Å²) in [5.74, 6) is 2.22. The molecule has 1 amide bonds. The van der Waals surface area contributed by atoms with Crippen LogP contribution in [0, 0.1) is 0 Å². The first-order chi connectivity index (χ1) is 19.7. The molecule has 12 heteroatoms. The monoisotopic (exact) mass is 593 g/mol. The van der Waals surface area contributed by atoms with Crippen molar-refractivity contribution in [3.05, 3.63) is 58.9 Å². The van der Waals surface area contributed by atoms with Gasteiger partial charge in [-0.05, 0) is 55.7 Å². The summed E-state index contributed by atoms with van der Waals surface area (Å²) in [5.41, 5.74) is 2.47. The standard InChI is InChI=1S/C29H31N5O5S2/c1-18(2)28-32-33-29(40-28)19-9-11-23(12-10-19)38-24-15-20(7-8-21(24)16-34-13-3-6-25(34)35)26-30-31-27(39-26)22-5-4-14-41(36,37)17-22/h7-12,15,18,22H,3-6,13-14,16-17H2,1-2H3. The maximum absolute atomic E-state index is 12.4. The van der Waals surface area contributed by atoms with E-state index in [1.54, 1.807) is 11.3 Å². The van der Waals surface area contributed by atoms with Crippen LogP contribution in [-0.4, -0.2) is 57.7 Å². The first kappa shape index (κ1) is 27.5. The lowest BCUT2D eigenvalue weighted by Crippen LogP contribution is -2.24. The van der Waals surface area contributed by atoms with Crippen LogP contribution in [-0.2, 0) is 21.2 Å². The number of benzene rings is 2. The fourth-order valence-electron chi connectivity index (χ4n) is 5.10. The van der Waals surface area contributed by atoms with Crippen molar-refractivity contribution in [2.75, 3.05) is 18.1 Å². The zero-order chi connectivity index (χ0) is 28.6. The second kappa shape index (κ2) is 11.3. The Morgan fingerprint density at radius 3 is 2.56 bits per heavy atom. The number of hydrogen-bond acceptors (Lipinski definition) is 10. The van der Waals surface area contributed by atoms with E-state index in [4.69, 9.17) is 9.15 Å². The fourth-order valence-corrected chi connectivity index (χ4v) is 7.65. The van der Waals surface area contributed by atoms with Crippen molar-refractivity contribution < 1.29 is 22.4 Å². The van der Waals surface area contributed by atoms with E-state index in [0.29, 0.717) is 67.1 Å². The number of rotatable bonds is 8. The van der Waals surface area contributed by atoms with Gasteiger partial charge in [0.2, 0.25) is 17.7 Å². The van der Waals surface area contributed by atoms with Gasteiger partial charge in [-0.2, -0.15) is 0 Å². The van der Waals surface area contributed by atoms with Crippen molar-refractivity contribution in [1.82, 2.24) is 25.3 Å². The van der Waals surface area contributed by atoms with Crippen LogP contribution in [0.4, 0.5) is 0 Å². The molecule has 2 aromatic heterocycles.